The van der Waals surface area contributed by atoms with E-state index in [-0.39, 0.29) is 5.95 Å². The molecule has 0 spiro atoms. The smallest absolute Gasteiger partial charge is 0.273 e. The summed E-state index contributed by atoms with van der Waals surface area (Å²) in [5.41, 5.74) is -0.254. The number of hydrogen-bond donors (Lipinski definition) is 1. The standard InChI is InChI=1S/C11H9Cl2N5O2/c1-6(19)18(14)10-15-5-17(11(20)16-10)9-3-7(12)2-8(13)4-9/h2-5H,14H2,1H3. The lowest BCUT2D eigenvalue weighted by Gasteiger charge is -2.12. The Morgan fingerprint density at radius 2 is 1.90 bits per heavy atom. The van der Waals surface area contributed by atoms with Crippen LogP contribution in [0, 0.1) is 0 Å². The van der Waals surface area contributed by atoms with Gasteiger partial charge in [0, 0.05) is 17.0 Å². The summed E-state index contributed by atoms with van der Waals surface area (Å²) in [6, 6.07) is 4.59. The van der Waals surface area contributed by atoms with Crippen LogP contribution in [0.25, 0.3) is 5.69 Å². The van der Waals surface area contributed by atoms with E-state index in [2.05, 4.69) is 9.97 Å². The van der Waals surface area contributed by atoms with E-state index in [9.17, 15) is 9.59 Å². The topological polar surface area (TPSA) is 94.1 Å². The molecule has 0 aliphatic rings. The van der Waals surface area contributed by atoms with Crippen LogP contribution in [-0.2, 0) is 4.79 Å². The maximum Gasteiger partial charge on any atom is 0.356 e. The van der Waals surface area contributed by atoms with Crippen LogP contribution in [-0.4, -0.2) is 20.4 Å². The van der Waals surface area contributed by atoms with E-state index in [1.807, 2.05) is 0 Å². The maximum atomic E-state index is 11.9. The summed E-state index contributed by atoms with van der Waals surface area (Å²) in [6.45, 7) is 1.23. The van der Waals surface area contributed by atoms with Crippen LogP contribution in [0.3, 0.4) is 0 Å². The normalized spacial score (nSPS) is 10.4. The molecule has 0 bridgehead atoms. The van der Waals surface area contributed by atoms with Crippen molar-refractivity contribution in [2.24, 2.45) is 5.84 Å². The summed E-state index contributed by atoms with van der Waals surface area (Å²) >= 11 is 11.7. The van der Waals surface area contributed by atoms with E-state index in [0.717, 1.165) is 4.57 Å². The van der Waals surface area contributed by atoms with Crippen molar-refractivity contribution in [3.63, 3.8) is 0 Å². The van der Waals surface area contributed by atoms with Crippen molar-refractivity contribution >= 4 is 35.1 Å². The second-order valence-electron chi connectivity index (χ2n) is 3.83. The molecule has 2 N–H and O–H groups in total. The van der Waals surface area contributed by atoms with Gasteiger partial charge in [-0.15, -0.1) is 0 Å². The van der Waals surface area contributed by atoms with Gasteiger partial charge in [-0.05, 0) is 18.2 Å². The maximum absolute atomic E-state index is 11.9. The highest BCUT2D eigenvalue weighted by molar-refractivity contribution is 6.34. The van der Waals surface area contributed by atoms with Crippen molar-refractivity contribution < 1.29 is 4.79 Å². The monoisotopic (exact) mass is 313 g/mol. The minimum atomic E-state index is -0.662. The Hall–Kier alpha value is -1.96. The van der Waals surface area contributed by atoms with E-state index >= 15 is 0 Å². The first kappa shape index (κ1) is 14.4. The first-order chi connectivity index (χ1) is 9.38. The Morgan fingerprint density at radius 3 is 2.40 bits per heavy atom. The Balaban J connectivity index is 2.49. The van der Waals surface area contributed by atoms with Crippen molar-refractivity contribution in [3.05, 3.63) is 45.1 Å². The second-order valence-corrected chi connectivity index (χ2v) is 4.70. The molecule has 0 unspecified atom stereocenters. The highest BCUT2D eigenvalue weighted by atomic mass is 35.5. The van der Waals surface area contributed by atoms with Crippen molar-refractivity contribution in [2.45, 2.75) is 6.92 Å². The SMILES string of the molecule is CC(=O)N(N)c1ncn(-c2cc(Cl)cc(Cl)c2)c(=O)n1. The van der Waals surface area contributed by atoms with Crippen LogP contribution in [0.1, 0.15) is 6.92 Å². The quantitative estimate of drug-likeness (QED) is 0.510. The number of carbonyl (C=O) groups is 1. The van der Waals surface area contributed by atoms with Crippen LogP contribution < -0.4 is 16.5 Å². The number of benzene rings is 1. The number of anilines is 1. The lowest BCUT2D eigenvalue weighted by molar-refractivity contribution is -0.116. The van der Waals surface area contributed by atoms with Gasteiger partial charge in [-0.2, -0.15) is 4.98 Å². The molecule has 0 atom stereocenters. The number of amides is 1. The Morgan fingerprint density at radius 1 is 1.30 bits per heavy atom. The first-order valence-corrected chi connectivity index (χ1v) is 6.11. The van der Waals surface area contributed by atoms with E-state index < -0.39 is 11.6 Å². The highest BCUT2D eigenvalue weighted by Crippen LogP contribution is 2.20. The van der Waals surface area contributed by atoms with Crippen molar-refractivity contribution in [3.8, 4) is 5.69 Å². The molecule has 1 aromatic carbocycles. The minimum Gasteiger partial charge on any atom is -0.273 e. The molecule has 0 aliphatic carbocycles. The lowest BCUT2D eigenvalue weighted by atomic mass is 10.3. The lowest BCUT2D eigenvalue weighted by Crippen LogP contribution is -2.39. The van der Waals surface area contributed by atoms with Gasteiger partial charge in [-0.1, -0.05) is 23.2 Å². The summed E-state index contributed by atoms with van der Waals surface area (Å²) in [5.74, 6) is 4.73. The van der Waals surface area contributed by atoms with Gasteiger partial charge >= 0.3 is 5.69 Å². The van der Waals surface area contributed by atoms with Crippen LogP contribution in [0.2, 0.25) is 10.0 Å². The predicted molar refractivity (Wildman–Crippen MR) is 75.0 cm³/mol. The molecule has 20 heavy (non-hydrogen) atoms. The van der Waals surface area contributed by atoms with E-state index in [0.29, 0.717) is 20.7 Å². The van der Waals surface area contributed by atoms with E-state index in [1.54, 1.807) is 0 Å². The van der Waals surface area contributed by atoms with Crippen LogP contribution in [0.4, 0.5) is 5.95 Å². The molecule has 9 heteroatoms. The number of nitrogens with two attached hydrogens (primary N) is 1. The summed E-state index contributed by atoms with van der Waals surface area (Å²) in [5, 5.41) is 1.41. The van der Waals surface area contributed by atoms with Gasteiger partial charge in [0.2, 0.25) is 5.91 Å². The van der Waals surface area contributed by atoms with Gasteiger partial charge in [0.05, 0.1) is 5.69 Å². The third kappa shape index (κ3) is 2.96. The van der Waals surface area contributed by atoms with Crippen molar-refractivity contribution in [2.75, 3.05) is 5.01 Å². The van der Waals surface area contributed by atoms with Crippen LogP contribution >= 0.6 is 23.2 Å². The van der Waals surface area contributed by atoms with Gasteiger partial charge in [0.15, 0.2) is 0 Å². The molecule has 2 aromatic rings. The molecule has 104 valence electrons. The zero-order valence-corrected chi connectivity index (χ0v) is 11.8. The molecule has 0 radical (unpaired) electrons. The van der Waals surface area contributed by atoms with Crippen LogP contribution in [0.15, 0.2) is 29.3 Å². The predicted octanol–water partition coefficient (Wildman–Crippen LogP) is 1.16. The van der Waals surface area contributed by atoms with Gasteiger partial charge in [0.1, 0.15) is 6.33 Å². The molecule has 0 aliphatic heterocycles. The average Bonchev–Trinajstić information content (AvgIpc) is 2.36. The fourth-order valence-corrected chi connectivity index (χ4v) is 1.95. The summed E-state index contributed by atoms with van der Waals surface area (Å²) in [6.07, 6.45) is 1.19. The first-order valence-electron chi connectivity index (χ1n) is 5.36. The molecular formula is C11H9Cl2N5O2. The summed E-state index contributed by atoms with van der Waals surface area (Å²) in [7, 11) is 0. The second kappa shape index (κ2) is 5.58. The van der Waals surface area contributed by atoms with E-state index in [4.69, 9.17) is 29.0 Å². The number of rotatable bonds is 2. The largest absolute Gasteiger partial charge is 0.356 e. The van der Waals surface area contributed by atoms with Gasteiger partial charge in [-0.25, -0.2) is 20.6 Å². The van der Waals surface area contributed by atoms with Gasteiger partial charge in [-0.3, -0.25) is 9.36 Å². The molecule has 0 fully saturated rings. The minimum absolute atomic E-state index is 0.188. The van der Waals surface area contributed by atoms with E-state index in [1.165, 1.54) is 31.5 Å². The average molecular weight is 314 g/mol. The van der Waals surface area contributed by atoms with Crippen molar-refractivity contribution in [1.29, 1.82) is 0 Å². The van der Waals surface area contributed by atoms with Crippen molar-refractivity contribution in [1.82, 2.24) is 14.5 Å². The number of hydrazine groups is 1. The molecule has 0 saturated carbocycles. The number of hydrogen-bond acceptors (Lipinski definition) is 5. The Labute approximate surface area is 123 Å². The molecule has 1 amide bonds. The Kier molecular flexibility index (Phi) is 4.03. The van der Waals surface area contributed by atoms with Gasteiger partial charge in [0.25, 0.3) is 5.95 Å². The molecule has 2 rings (SSSR count). The number of aromatic nitrogens is 3. The summed E-state index contributed by atoms with van der Waals surface area (Å²) in [4.78, 5) is 30.5. The number of halogens is 2. The fourth-order valence-electron chi connectivity index (χ4n) is 1.44. The zero-order chi connectivity index (χ0) is 14.9. The summed E-state index contributed by atoms with van der Waals surface area (Å²) < 4.78 is 1.13. The number of carbonyl (C=O) groups excluding carboxylic acids is 1. The van der Waals surface area contributed by atoms with Crippen LogP contribution in [0.5, 0.6) is 0 Å². The molecule has 1 aromatic heterocycles. The Bertz CT molecular complexity index is 711. The molecule has 0 saturated heterocycles. The third-order valence-electron chi connectivity index (χ3n) is 2.37. The third-order valence-corrected chi connectivity index (χ3v) is 2.81. The molecule has 1 heterocycles. The van der Waals surface area contributed by atoms with Gasteiger partial charge < -0.3 is 0 Å². The number of nitrogens with zero attached hydrogens (tertiary/aromatic N) is 4. The molecule has 7 nitrogen and oxygen atoms in total. The molecular weight excluding hydrogens is 305 g/mol. The zero-order valence-electron chi connectivity index (χ0n) is 10.2. The fraction of sp³-hybridized carbons (Fsp3) is 0.0909. The highest BCUT2D eigenvalue weighted by Gasteiger charge is 2.12.